The second kappa shape index (κ2) is 4.39. The second-order valence-corrected chi connectivity index (χ2v) is 3.70. The molecule has 108 valence electrons. The highest BCUT2D eigenvalue weighted by atomic mass is 19.4. The first-order chi connectivity index (χ1) is 9.09. The van der Waals surface area contributed by atoms with E-state index in [-0.39, 0.29) is 5.82 Å². The molecule has 1 N–H and O–H groups in total. The third kappa shape index (κ3) is 2.68. The molecule has 20 heavy (non-hydrogen) atoms. The molecule has 0 aliphatic heterocycles. The third-order valence-corrected chi connectivity index (χ3v) is 2.27. The molecule has 4 nitrogen and oxygen atoms in total. The van der Waals surface area contributed by atoms with Crippen LogP contribution in [0, 0.1) is 0 Å². The van der Waals surface area contributed by atoms with Crippen LogP contribution in [0.3, 0.4) is 0 Å². The van der Waals surface area contributed by atoms with Gasteiger partial charge in [0.25, 0.3) is 0 Å². The number of aromatic hydroxyl groups is 1. The Kier molecular flexibility index (Phi) is 3.11. The zero-order chi connectivity index (χ0) is 15.1. The third-order valence-electron chi connectivity index (χ3n) is 2.27. The van der Waals surface area contributed by atoms with Crippen molar-refractivity contribution in [3.63, 3.8) is 0 Å². The van der Waals surface area contributed by atoms with E-state index in [1.807, 2.05) is 0 Å². The highest BCUT2D eigenvalue weighted by Gasteiger charge is 2.35. The van der Waals surface area contributed by atoms with Crippen LogP contribution in [0.5, 0.6) is 5.88 Å². The van der Waals surface area contributed by atoms with Crippen LogP contribution in [0.1, 0.15) is 11.3 Å². The Balaban J connectivity index is 2.40. The lowest BCUT2D eigenvalue weighted by molar-refractivity contribution is -0.141. The summed E-state index contributed by atoms with van der Waals surface area (Å²) in [5.41, 5.74) is -2.44. The van der Waals surface area contributed by atoms with Gasteiger partial charge in [0.05, 0.1) is 5.56 Å². The maximum absolute atomic E-state index is 12.4. The van der Waals surface area contributed by atoms with E-state index in [0.29, 0.717) is 23.0 Å². The molecule has 0 aromatic carbocycles. The topological polar surface area (TPSA) is 50.9 Å². The Labute approximate surface area is 107 Å². The largest absolute Gasteiger partial charge is 0.493 e. The van der Waals surface area contributed by atoms with Crippen LogP contribution in [0.25, 0.3) is 5.82 Å². The van der Waals surface area contributed by atoms with Gasteiger partial charge in [-0.15, -0.1) is 0 Å². The smallest absolute Gasteiger partial charge is 0.435 e. The van der Waals surface area contributed by atoms with Gasteiger partial charge in [0.1, 0.15) is 0 Å². The summed E-state index contributed by atoms with van der Waals surface area (Å²) in [6, 6.07) is 1.77. The fourth-order valence-electron chi connectivity index (χ4n) is 1.36. The SMILES string of the molecule is Oc1cc(C(F)(F)F)nn1-c1ccc(C(F)(F)F)cn1. The van der Waals surface area contributed by atoms with Gasteiger partial charge in [-0.3, -0.25) is 0 Å². The Morgan fingerprint density at radius 3 is 2.05 bits per heavy atom. The van der Waals surface area contributed by atoms with Gasteiger partial charge in [0.2, 0.25) is 5.88 Å². The number of hydrogen-bond acceptors (Lipinski definition) is 3. The first-order valence-corrected chi connectivity index (χ1v) is 4.99. The molecule has 0 amide bonds. The number of aromatic nitrogens is 3. The fraction of sp³-hybridized carbons (Fsp3) is 0.200. The van der Waals surface area contributed by atoms with Crippen molar-refractivity contribution in [1.29, 1.82) is 0 Å². The fourth-order valence-corrected chi connectivity index (χ4v) is 1.36. The Morgan fingerprint density at radius 2 is 1.65 bits per heavy atom. The second-order valence-electron chi connectivity index (χ2n) is 3.70. The average molecular weight is 297 g/mol. The van der Waals surface area contributed by atoms with Crippen LogP contribution in [0.2, 0.25) is 0 Å². The first-order valence-electron chi connectivity index (χ1n) is 4.99. The minimum Gasteiger partial charge on any atom is -0.493 e. The predicted octanol–water partition coefficient (Wildman–Crippen LogP) is 3.01. The van der Waals surface area contributed by atoms with Gasteiger partial charge in [0, 0.05) is 12.3 Å². The van der Waals surface area contributed by atoms with Gasteiger partial charge in [0.15, 0.2) is 11.5 Å². The summed E-state index contributed by atoms with van der Waals surface area (Å²) >= 11 is 0. The lowest BCUT2D eigenvalue weighted by Crippen LogP contribution is -2.09. The Morgan fingerprint density at radius 1 is 1.00 bits per heavy atom. The summed E-state index contributed by atoms with van der Waals surface area (Å²) in [4.78, 5) is 3.32. The van der Waals surface area contributed by atoms with Crippen molar-refractivity contribution in [3.05, 3.63) is 35.7 Å². The number of rotatable bonds is 1. The molecule has 2 rings (SSSR count). The van der Waals surface area contributed by atoms with E-state index in [1.165, 1.54) is 0 Å². The predicted molar refractivity (Wildman–Crippen MR) is 53.0 cm³/mol. The molecule has 0 aliphatic carbocycles. The van der Waals surface area contributed by atoms with E-state index in [9.17, 15) is 31.4 Å². The van der Waals surface area contributed by atoms with E-state index in [1.54, 1.807) is 0 Å². The number of halogens is 6. The van der Waals surface area contributed by atoms with Crippen LogP contribution in [-0.4, -0.2) is 19.9 Å². The average Bonchev–Trinajstić information content (AvgIpc) is 2.70. The van der Waals surface area contributed by atoms with Crippen LogP contribution < -0.4 is 0 Å². The molecule has 0 saturated carbocycles. The lowest BCUT2D eigenvalue weighted by Gasteiger charge is -2.07. The molecule has 0 fully saturated rings. The van der Waals surface area contributed by atoms with Gasteiger partial charge in [-0.05, 0) is 12.1 Å². The number of hydrogen-bond donors (Lipinski definition) is 1. The van der Waals surface area contributed by atoms with E-state index >= 15 is 0 Å². The van der Waals surface area contributed by atoms with Crippen molar-refractivity contribution in [3.8, 4) is 11.7 Å². The van der Waals surface area contributed by atoms with Crippen molar-refractivity contribution in [1.82, 2.24) is 14.8 Å². The molecule has 0 aliphatic rings. The summed E-state index contributed by atoms with van der Waals surface area (Å²) in [5, 5.41) is 12.4. The molecule has 0 unspecified atom stereocenters. The monoisotopic (exact) mass is 297 g/mol. The Bertz CT molecular complexity index is 613. The quantitative estimate of drug-likeness (QED) is 0.823. The zero-order valence-electron chi connectivity index (χ0n) is 9.37. The standard InChI is InChI=1S/C10H5F6N3O/c11-9(12,13)5-1-2-7(17-4-5)19-8(20)3-6(18-19)10(14,15)16/h1-4,20H. The highest BCUT2D eigenvalue weighted by molar-refractivity contribution is 5.31. The Hall–Kier alpha value is -2.26. The molecule has 0 spiro atoms. The molecule has 0 atom stereocenters. The van der Waals surface area contributed by atoms with Crippen molar-refractivity contribution in [2.75, 3.05) is 0 Å². The van der Waals surface area contributed by atoms with E-state index in [4.69, 9.17) is 0 Å². The molecular formula is C10H5F6N3O. The van der Waals surface area contributed by atoms with Gasteiger partial charge in [-0.25, -0.2) is 4.98 Å². The van der Waals surface area contributed by atoms with Crippen LogP contribution in [0.4, 0.5) is 26.3 Å². The summed E-state index contributed by atoms with van der Waals surface area (Å²) in [6.07, 6.45) is -8.97. The molecule has 0 bridgehead atoms. The summed E-state index contributed by atoms with van der Waals surface area (Å²) in [7, 11) is 0. The summed E-state index contributed by atoms with van der Waals surface area (Å²) in [5.74, 6) is -1.25. The van der Waals surface area contributed by atoms with Crippen molar-refractivity contribution < 1.29 is 31.4 Å². The summed E-state index contributed by atoms with van der Waals surface area (Å²) in [6.45, 7) is 0. The van der Waals surface area contributed by atoms with Gasteiger partial charge >= 0.3 is 12.4 Å². The molecule has 2 aromatic rings. The van der Waals surface area contributed by atoms with Crippen molar-refractivity contribution in [2.45, 2.75) is 12.4 Å². The number of pyridine rings is 1. The van der Waals surface area contributed by atoms with E-state index in [2.05, 4.69) is 10.1 Å². The number of alkyl halides is 6. The normalized spacial score (nSPS) is 12.7. The maximum atomic E-state index is 12.4. The molecule has 0 radical (unpaired) electrons. The molecule has 2 aromatic heterocycles. The molecule has 10 heteroatoms. The minimum absolute atomic E-state index is 0.347. The van der Waals surface area contributed by atoms with Gasteiger partial charge < -0.3 is 5.11 Å². The highest BCUT2D eigenvalue weighted by Crippen LogP contribution is 2.32. The molecular weight excluding hydrogens is 292 g/mol. The van der Waals surface area contributed by atoms with Crippen LogP contribution in [-0.2, 0) is 12.4 Å². The molecule has 0 saturated heterocycles. The van der Waals surface area contributed by atoms with E-state index < -0.39 is 29.5 Å². The molecule has 2 heterocycles. The van der Waals surface area contributed by atoms with Gasteiger partial charge in [-0.2, -0.15) is 36.1 Å². The van der Waals surface area contributed by atoms with E-state index in [0.717, 1.165) is 6.07 Å². The van der Waals surface area contributed by atoms with Crippen molar-refractivity contribution >= 4 is 0 Å². The summed E-state index contributed by atoms with van der Waals surface area (Å²) < 4.78 is 74.4. The lowest BCUT2D eigenvalue weighted by atomic mass is 10.3. The van der Waals surface area contributed by atoms with Crippen molar-refractivity contribution in [2.24, 2.45) is 0 Å². The maximum Gasteiger partial charge on any atom is 0.435 e. The number of nitrogens with zero attached hydrogens (tertiary/aromatic N) is 3. The van der Waals surface area contributed by atoms with Crippen LogP contribution in [0.15, 0.2) is 24.4 Å². The van der Waals surface area contributed by atoms with Crippen LogP contribution >= 0.6 is 0 Å². The first kappa shape index (κ1) is 14.2. The minimum atomic E-state index is -4.78. The van der Waals surface area contributed by atoms with Gasteiger partial charge in [-0.1, -0.05) is 0 Å². The zero-order valence-corrected chi connectivity index (χ0v) is 9.37.